The fourth-order valence-corrected chi connectivity index (χ4v) is 2.73. The lowest BCUT2D eigenvalue weighted by atomic mass is 9.97. The first-order valence-corrected chi connectivity index (χ1v) is 8.54. The first kappa shape index (κ1) is 18.3. The molecule has 0 spiro atoms. The molecule has 2 rings (SSSR count). The number of unbranched alkanes of at least 4 members (excludes halogenated alkanes) is 1. The number of carboxylic acid groups (broad SMARTS) is 1. The molecule has 0 aromatic heterocycles. The van der Waals surface area contributed by atoms with Gasteiger partial charge < -0.3 is 20.1 Å². The number of carbonyl (C=O) groups is 2. The monoisotopic (exact) mass is 334 g/mol. The van der Waals surface area contributed by atoms with Crippen molar-refractivity contribution in [2.45, 2.75) is 32.3 Å². The summed E-state index contributed by atoms with van der Waals surface area (Å²) in [6.07, 6.45) is 2.84. The van der Waals surface area contributed by atoms with E-state index in [0.29, 0.717) is 45.7 Å². The topological polar surface area (TPSA) is 78.9 Å². The lowest BCUT2D eigenvalue weighted by Crippen LogP contribution is -2.45. The van der Waals surface area contributed by atoms with Crippen LogP contribution in [0.5, 0.6) is 0 Å². The fourth-order valence-electron chi connectivity index (χ4n) is 2.73. The Labute approximate surface area is 142 Å². The van der Waals surface area contributed by atoms with Crippen LogP contribution in [0.2, 0.25) is 0 Å². The number of ether oxygens (including phenoxy) is 1. The molecule has 6 nitrogen and oxygen atoms in total. The molecule has 1 heterocycles. The second kappa shape index (κ2) is 9.93. The summed E-state index contributed by atoms with van der Waals surface area (Å²) in [6, 6.07) is 9.95. The van der Waals surface area contributed by atoms with E-state index in [0.717, 1.165) is 18.4 Å². The van der Waals surface area contributed by atoms with E-state index in [4.69, 9.17) is 9.84 Å². The average molecular weight is 334 g/mol. The Kier molecular flexibility index (Phi) is 7.55. The van der Waals surface area contributed by atoms with Gasteiger partial charge >= 0.3 is 12.0 Å². The van der Waals surface area contributed by atoms with E-state index in [1.54, 1.807) is 4.90 Å². The number of benzene rings is 1. The Hall–Kier alpha value is -2.08. The van der Waals surface area contributed by atoms with Crippen LogP contribution in [-0.2, 0) is 16.1 Å². The summed E-state index contributed by atoms with van der Waals surface area (Å²) < 4.78 is 5.60. The predicted molar refractivity (Wildman–Crippen MR) is 90.7 cm³/mol. The predicted octanol–water partition coefficient (Wildman–Crippen LogP) is 2.49. The van der Waals surface area contributed by atoms with Gasteiger partial charge in [-0.25, -0.2) is 4.79 Å². The van der Waals surface area contributed by atoms with Gasteiger partial charge in [0, 0.05) is 26.2 Å². The number of carboxylic acids is 1. The van der Waals surface area contributed by atoms with Crippen LogP contribution >= 0.6 is 0 Å². The lowest BCUT2D eigenvalue weighted by molar-refractivity contribution is -0.143. The van der Waals surface area contributed by atoms with Crippen LogP contribution in [0.1, 0.15) is 31.2 Å². The number of carbonyl (C=O) groups excluding carboxylic acids is 1. The Balaban J connectivity index is 1.48. The summed E-state index contributed by atoms with van der Waals surface area (Å²) in [4.78, 5) is 24.6. The van der Waals surface area contributed by atoms with Crippen LogP contribution in [0, 0.1) is 5.92 Å². The first-order valence-electron chi connectivity index (χ1n) is 8.54. The zero-order valence-corrected chi connectivity index (χ0v) is 13.9. The van der Waals surface area contributed by atoms with Gasteiger partial charge in [0.15, 0.2) is 0 Å². The molecule has 1 aromatic rings. The van der Waals surface area contributed by atoms with E-state index < -0.39 is 5.97 Å². The normalized spacial score (nSPS) is 15.2. The molecule has 132 valence electrons. The minimum Gasteiger partial charge on any atom is -0.481 e. The SMILES string of the molecule is O=C(O)C1CCN(C(=O)NCCCCOCc2ccccc2)CC1. The van der Waals surface area contributed by atoms with E-state index >= 15 is 0 Å². The van der Waals surface area contributed by atoms with Crippen molar-refractivity contribution in [3.05, 3.63) is 35.9 Å². The number of nitrogens with zero attached hydrogens (tertiary/aromatic N) is 1. The average Bonchev–Trinajstić information content (AvgIpc) is 2.61. The second-order valence-corrected chi connectivity index (χ2v) is 6.08. The lowest BCUT2D eigenvalue weighted by Gasteiger charge is -2.30. The third kappa shape index (κ3) is 6.20. The molecule has 1 fully saturated rings. The number of hydrogen-bond donors (Lipinski definition) is 2. The quantitative estimate of drug-likeness (QED) is 0.716. The molecule has 1 saturated heterocycles. The molecule has 1 aliphatic heterocycles. The van der Waals surface area contributed by atoms with Gasteiger partial charge in [-0.1, -0.05) is 30.3 Å². The van der Waals surface area contributed by atoms with Crippen molar-refractivity contribution in [2.75, 3.05) is 26.2 Å². The summed E-state index contributed by atoms with van der Waals surface area (Å²) in [6.45, 7) is 2.94. The first-order chi connectivity index (χ1) is 11.7. The number of aliphatic carboxylic acids is 1. The Morgan fingerprint density at radius 2 is 1.88 bits per heavy atom. The van der Waals surface area contributed by atoms with Gasteiger partial charge in [0.1, 0.15) is 0 Å². The highest BCUT2D eigenvalue weighted by atomic mass is 16.5. The number of urea groups is 1. The van der Waals surface area contributed by atoms with Crippen molar-refractivity contribution < 1.29 is 19.4 Å². The second-order valence-electron chi connectivity index (χ2n) is 6.08. The molecule has 0 saturated carbocycles. The standard InChI is InChI=1S/C18H26N2O4/c21-17(22)16-8-11-20(12-9-16)18(23)19-10-4-5-13-24-14-15-6-2-1-3-7-15/h1-3,6-7,16H,4-5,8-14H2,(H,19,23)(H,21,22). The van der Waals surface area contributed by atoms with Gasteiger partial charge in [0.25, 0.3) is 0 Å². The maximum absolute atomic E-state index is 12.0. The van der Waals surface area contributed by atoms with Gasteiger partial charge in [-0.3, -0.25) is 4.79 Å². The van der Waals surface area contributed by atoms with E-state index in [1.165, 1.54) is 0 Å². The van der Waals surface area contributed by atoms with Gasteiger partial charge in [-0.2, -0.15) is 0 Å². The number of piperidine rings is 1. The van der Waals surface area contributed by atoms with Gasteiger partial charge in [0.05, 0.1) is 12.5 Å². The van der Waals surface area contributed by atoms with E-state index in [1.807, 2.05) is 30.3 Å². The molecule has 0 radical (unpaired) electrons. The molecule has 0 unspecified atom stereocenters. The minimum atomic E-state index is -0.759. The highest BCUT2D eigenvalue weighted by molar-refractivity contribution is 5.75. The number of rotatable bonds is 8. The maximum Gasteiger partial charge on any atom is 0.317 e. The zero-order valence-electron chi connectivity index (χ0n) is 13.9. The molecule has 0 atom stereocenters. The molecular formula is C18H26N2O4. The molecule has 6 heteroatoms. The van der Waals surface area contributed by atoms with Crippen molar-refractivity contribution >= 4 is 12.0 Å². The Bertz CT molecular complexity index is 513. The van der Waals surface area contributed by atoms with Crippen LogP contribution in [0.3, 0.4) is 0 Å². The molecule has 1 aliphatic rings. The molecule has 2 amide bonds. The minimum absolute atomic E-state index is 0.0935. The summed E-state index contributed by atoms with van der Waals surface area (Å²) in [5.41, 5.74) is 1.16. The smallest absolute Gasteiger partial charge is 0.317 e. The van der Waals surface area contributed by atoms with Crippen molar-refractivity contribution in [1.82, 2.24) is 10.2 Å². The Morgan fingerprint density at radius 3 is 2.54 bits per heavy atom. The third-order valence-corrected chi connectivity index (χ3v) is 4.23. The summed E-state index contributed by atoms with van der Waals surface area (Å²) in [7, 11) is 0. The van der Waals surface area contributed by atoms with Crippen LogP contribution in [0.25, 0.3) is 0 Å². The zero-order chi connectivity index (χ0) is 17.2. The summed E-state index contributed by atoms with van der Waals surface area (Å²) in [5, 5.41) is 11.8. The van der Waals surface area contributed by atoms with E-state index in [9.17, 15) is 9.59 Å². The Morgan fingerprint density at radius 1 is 1.17 bits per heavy atom. The highest BCUT2D eigenvalue weighted by Crippen LogP contribution is 2.17. The largest absolute Gasteiger partial charge is 0.481 e. The van der Waals surface area contributed by atoms with Crippen LogP contribution in [0.4, 0.5) is 4.79 Å². The summed E-state index contributed by atoms with van der Waals surface area (Å²) >= 11 is 0. The third-order valence-electron chi connectivity index (χ3n) is 4.23. The van der Waals surface area contributed by atoms with Crippen molar-refractivity contribution in [2.24, 2.45) is 5.92 Å². The van der Waals surface area contributed by atoms with Crippen molar-refractivity contribution in [3.63, 3.8) is 0 Å². The van der Waals surface area contributed by atoms with Gasteiger partial charge in [-0.15, -0.1) is 0 Å². The molecule has 1 aromatic carbocycles. The van der Waals surface area contributed by atoms with Crippen molar-refractivity contribution in [1.29, 1.82) is 0 Å². The van der Waals surface area contributed by atoms with Gasteiger partial charge in [-0.05, 0) is 31.2 Å². The van der Waals surface area contributed by atoms with E-state index in [2.05, 4.69) is 5.32 Å². The molecule has 24 heavy (non-hydrogen) atoms. The van der Waals surface area contributed by atoms with Gasteiger partial charge in [0.2, 0.25) is 0 Å². The number of hydrogen-bond acceptors (Lipinski definition) is 3. The molecule has 2 N–H and O–H groups in total. The van der Waals surface area contributed by atoms with Crippen LogP contribution < -0.4 is 5.32 Å². The highest BCUT2D eigenvalue weighted by Gasteiger charge is 2.26. The van der Waals surface area contributed by atoms with E-state index in [-0.39, 0.29) is 11.9 Å². The molecule has 0 bridgehead atoms. The number of likely N-dealkylation sites (tertiary alicyclic amines) is 1. The number of nitrogens with one attached hydrogen (secondary N) is 1. The van der Waals surface area contributed by atoms with Crippen molar-refractivity contribution in [3.8, 4) is 0 Å². The number of amides is 2. The molecular weight excluding hydrogens is 308 g/mol. The maximum atomic E-state index is 12.0. The summed E-state index contributed by atoms with van der Waals surface area (Å²) in [5.74, 6) is -1.07. The van der Waals surface area contributed by atoms with Crippen LogP contribution in [-0.4, -0.2) is 48.2 Å². The molecule has 0 aliphatic carbocycles. The fraction of sp³-hybridized carbons (Fsp3) is 0.556. The van der Waals surface area contributed by atoms with Crippen LogP contribution in [0.15, 0.2) is 30.3 Å².